The molecule has 9 nitrogen and oxygen atoms in total. The average Bonchev–Trinajstić information content (AvgIpc) is 3.17. The van der Waals surface area contributed by atoms with Crippen molar-refractivity contribution in [3.05, 3.63) is 117 Å². The highest BCUT2D eigenvalue weighted by Crippen LogP contribution is 2.36. The lowest BCUT2D eigenvalue weighted by Crippen LogP contribution is -2.33. The first-order chi connectivity index (χ1) is 18.2. The van der Waals surface area contributed by atoms with Gasteiger partial charge in [-0.05, 0) is 53.6 Å². The Bertz CT molecular complexity index is 1830. The molecule has 3 heterocycles. The number of hydrogen-bond acceptors (Lipinski definition) is 6. The molecule has 2 aromatic carbocycles. The molecule has 192 valence electrons. The Kier molecular flexibility index (Phi) is 6.75. The molecule has 0 bridgehead atoms. The number of benzene rings is 2. The molecule has 0 aliphatic rings. The Hall–Kier alpha value is -4.41. The number of pyridine rings is 2. The minimum atomic E-state index is -4.09. The molecule has 0 aliphatic carbocycles. The average molecular weight is 548 g/mol. The highest BCUT2D eigenvalue weighted by atomic mass is 35.5. The van der Waals surface area contributed by atoms with Gasteiger partial charge in [-0.25, -0.2) is 18.1 Å². The van der Waals surface area contributed by atoms with Crippen molar-refractivity contribution in [3.63, 3.8) is 0 Å². The third-order valence-electron chi connectivity index (χ3n) is 5.96. The van der Waals surface area contributed by atoms with E-state index in [9.17, 15) is 18.0 Å². The standard InChI is InChI=1S/C27H22ClN5O4S/c28-19-8-9-22-21(14-19)24(20-7-4-11-31-26(20)34)25(33(22)15-18-10-12-30-23(29)13-18)27(35)32-38(36,37)16-17-5-2-1-3-6-17/h1-14H,15-16H2,(H2,29,30)(H,31,34)(H,32,35). The molecule has 0 atom stereocenters. The number of amides is 1. The topological polar surface area (TPSA) is 140 Å². The van der Waals surface area contributed by atoms with Crippen molar-refractivity contribution >= 4 is 44.3 Å². The fourth-order valence-corrected chi connectivity index (χ4v) is 5.67. The van der Waals surface area contributed by atoms with Gasteiger partial charge in [0.1, 0.15) is 11.5 Å². The van der Waals surface area contributed by atoms with Crippen molar-refractivity contribution in [2.24, 2.45) is 0 Å². The summed E-state index contributed by atoms with van der Waals surface area (Å²) in [5, 5.41) is 0.905. The summed E-state index contributed by atoms with van der Waals surface area (Å²) in [5.41, 5.74) is 7.70. The maximum absolute atomic E-state index is 13.8. The maximum atomic E-state index is 13.8. The zero-order chi connectivity index (χ0) is 26.9. The highest BCUT2D eigenvalue weighted by Gasteiger charge is 2.28. The van der Waals surface area contributed by atoms with Crippen molar-refractivity contribution in [1.29, 1.82) is 0 Å². The number of carbonyl (C=O) groups is 1. The van der Waals surface area contributed by atoms with Gasteiger partial charge in [-0.2, -0.15) is 0 Å². The lowest BCUT2D eigenvalue weighted by atomic mass is 10.0. The molecule has 0 spiro atoms. The summed E-state index contributed by atoms with van der Waals surface area (Å²) in [7, 11) is -4.09. The van der Waals surface area contributed by atoms with Crippen LogP contribution in [0.3, 0.4) is 0 Å². The number of H-pyrrole nitrogens is 1. The van der Waals surface area contributed by atoms with Gasteiger partial charge in [-0.3, -0.25) is 9.59 Å². The molecular formula is C27H22ClN5O4S. The Labute approximate surface area is 223 Å². The molecule has 11 heteroatoms. The molecule has 38 heavy (non-hydrogen) atoms. The summed E-state index contributed by atoms with van der Waals surface area (Å²) in [6.45, 7) is 0.150. The van der Waals surface area contributed by atoms with Crippen molar-refractivity contribution in [2.45, 2.75) is 12.3 Å². The highest BCUT2D eigenvalue weighted by molar-refractivity contribution is 7.89. The fourth-order valence-electron chi connectivity index (χ4n) is 4.41. The van der Waals surface area contributed by atoms with Gasteiger partial charge in [-0.1, -0.05) is 41.9 Å². The molecule has 1 amide bonds. The second-order valence-electron chi connectivity index (χ2n) is 8.65. The fraction of sp³-hybridized carbons (Fsp3) is 0.0741. The maximum Gasteiger partial charge on any atom is 0.282 e. The number of anilines is 1. The van der Waals surface area contributed by atoms with Gasteiger partial charge >= 0.3 is 0 Å². The van der Waals surface area contributed by atoms with E-state index in [2.05, 4.69) is 14.7 Å². The molecule has 3 aromatic heterocycles. The van der Waals surface area contributed by atoms with Crippen LogP contribution in [0.1, 0.15) is 21.6 Å². The van der Waals surface area contributed by atoms with Gasteiger partial charge in [-0.15, -0.1) is 0 Å². The van der Waals surface area contributed by atoms with E-state index in [1.165, 1.54) is 6.20 Å². The van der Waals surface area contributed by atoms with E-state index < -0.39 is 27.2 Å². The number of rotatable bonds is 7. The van der Waals surface area contributed by atoms with E-state index in [0.29, 0.717) is 21.5 Å². The summed E-state index contributed by atoms with van der Waals surface area (Å²) in [6.07, 6.45) is 3.02. The number of halogens is 1. The van der Waals surface area contributed by atoms with Crippen LogP contribution in [0.15, 0.2) is 90.0 Å². The minimum Gasteiger partial charge on any atom is -0.384 e. The smallest absolute Gasteiger partial charge is 0.282 e. The summed E-state index contributed by atoms with van der Waals surface area (Å²) in [4.78, 5) is 33.3. The van der Waals surface area contributed by atoms with E-state index in [0.717, 1.165) is 5.56 Å². The number of sulfonamides is 1. The zero-order valence-electron chi connectivity index (χ0n) is 19.9. The van der Waals surface area contributed by atoms with Crippen LogP contribution < -0.4 is 16.0 Å². The van der Waals surface area contributed by atoms with E-state index in [1.807, 2.05) is 0 Å². The lowest BCUT2D eigenvalue weighted by molar-refractivity contribution is 0.0974. The van der Waals surface area contributed by atoms with Gasteiger partial charge < -0.3 is 15.3 Å². The van der Waals surface area contributed by atoms with E-state index in [-0.39, 0.29) is 29.2 Å². The second-order valence-corrected chi connectivity index (χ2v) is 10.8. The third kappa shape index (κ3) is 5.17. The quantitative estimate of drug-likeness (QED) is 0.282. The van der Waals surface area contributed by atoms with Crippen molar-refractivity contribution in [1.82, 2.24) is 19.3 Å². The molecule has 0 unspecified atom stereocenters. The molecule has 5 rings (SSSR count). The summed E-state index contributed by atoms with van der Waals surface area (Å²) >= 11 is 6.32. The van der Waals surface area contributed by atoms with Gasteiger partial charge in [0.05, 0.1) is 5.75 Å². The first kappa shape index (κ1) is 25.2. The molecule has 0 aliphatic heterocycles. The van der Waals surface area contributed by atoms with E-state index in [4.69, 9.17) is 17.3 Å². The Morgan fingerprint density at radius 1 is 1.03 bits per heavy atom. The van der Waals surface area contributed by atoms with Crippen LogP contribution in [0.4, 0.5) is 5.82 Å². The number of nitrogens with two attached hydrogens (primary N) is 1. The predicted molar refractivity (Wildman–Crippen MR) is 147 cm³/mol. The molecule has 0 radical (unpaired) electrons. The van der Waals surface area contributed by atoms with E-state index in [1.54, 1.807) is 83.6 Å². The summed E-state index contributed by atoms with van der Waals surface area (Å²) < 4.78 is 29.9. The molecular weight excluding hydrogens is 526 g/mol. The number of aromatic amines is 1. The van der Waals surface area contributed by atoms with Gasteiger partial charge in [0.25, 0.3) is 11.5 Å². The van der Waals surface area contributed by atoms with Crippen LogP contribution in [-0.2, 0) is 22.3 Å². The Balaban J connectivity index is 1.71. The van der Waals surface area contributed by atoms with Crippen molar-refractivity contribution in [3.8, 4) is 11.1 Å². The van der Waals surface area contributed by atoms with E-state index >= 15 is 0 Å². The molecule has 4 N–H and O–H groups in total. The number of nitrogens with zero attached hydrogens (tertiary/aromatic N) is 2. The zero-order valence-corrected chi connectivity index (χ0v) is 21.5. The van der Waals surface area contributed by atoms with Gasteiger partial charge in [0.15, 0.2) is 0 Å². The van der Waals surface area contributed by atoms with Crippen LogP contribution in [-0.4, -0.2) is 28.9 Å². The Morgan fingerprint density at radius 3 is 2.55 bits per heavy atom. The largest absolute Gasteiger partial charge is 0.384 e. The van der Waals surface area contributed by atoms with Crippen molar-refractivity contribution < 1.29 is 13.2 Å². The monoisotopic (exact) mass is 547 g/mol. The minimum absolute atomic E-state index is 0.00835. The van der Waals surface area contributed by atoms with Crippen LogP contribution in [0.2, 0.25) is 5.02 Å². The lowest BCUT2D eigenvalue weighted by Gasteiger charge is -2.13. The number of hydrogen-bond donors (Lipinski definition) is 3. The van der Waals surface area contributed by atoms with Crippen LogP contribution in [0, 0.1) is 0 Å². The first-order valence-electron chi connectivity index (χ1n) is 11.5. The predicted octanol–water partition coefficient (Wildman–Crippen LogP) is 3.94. The molecule has 5 aromatic rings. The Morgan fingerprint density at radius 2 is 1.82 bits per heavy atom. The molecule has 0 saturated carbocycles. The van der Waals surface area contributed by atoms with Crippen LogP contribution in [0.25, 0.3) is 22.0 Å². The number of fused-ring (bicyclic) bond motifs is 1. The summed E-state index contributed by atoms with van der Waals surface area (Å²) in [6, 6.07) is 20.1. The number of aromatic nitrogens is 3. The SMILES string of the molecule is Nc1cc(Cn2c(C(=O)NS(=O)(=O)Cc3ccccc3)c(-c3ccc[nH]c3=O)c3cc(Cl)ccc32)ccn1. The normalized spacial score (nSPS) is 11.5. The summed E-state index contributed by atoms with van der Waals surface area (Å²) in [5.74, 6) is -0.986. The number of nitrogens with one attached hydrogen (secondary N) is 2. The van der Waals surface area contributed by atoms with Crippen LogP contribution in [0.5, 0.6) is 0 Å². The number of nitrogen functional groups attached to an aromatic ring is 1. The first-order valence-corrected chi connectivity index (χ1v) is 13.5. The van der Waals surface area contributed by atoms with Gasteiger partial charge in [0.2, 0.25) is 10.0 Å². The molecule has 0 saturated heterocycles. The third-order valence-corrected chi connectivity index (χ3v) is 7.41. The number of carbonyl (C=O) groups excluding carboxylic acids is 1. The van der Waals surface area contributed by atoms with Crippen LogP contribution >= 0.6 is 11.6 Å². The van der Waals surface area contributed by atoms with Crippen molar-refractivity contribution in [2.75, 3.05) is 5.73 Å². The second kappa shape index (κ2) is 10.2. The molecule has 0 fully saturated rings. The van der Waals surface area contributed by atoms with Gasteiger partial charge in [0, 0.05) is 46.0 Å².